The Balaban J connectivity index is 1.56. The minimum Gasteiger partial charge on any atom is -0.345 e. The van der Waals surface area contributed by atoms with E-state index < -0.39 is 5.82 Å². The van der Waals surface area contributed by atoms with Crippen molar-refractivity contribution >= 4 is 41.0 Å². The van der Waals surface area contributed by atoms with Crippen molar-refractivity contribution in [3.63, 3.8) is 0 Å². The monoisotopic (exact) mass is 459 g/mol. The lowest BCUT2D eigenvalue weighted by molar-refractivity contribution is -0.113. The van der Waals surface area contributed by atoms with Gasteiger partial charge in [-0.05, 0) is 55.6 Å². The number of carbonyl (C=O) groups is 2. The Kier molecular flexibility index (Phi) is 8.07. The minimum absolute atomic E-state index is 0.139. The van der Waals surface area contributed by atoms with Gasteiger partial charge in [-0.2, -0.15) is 0 Å². The van der Waals surface area contributed by atoms with Gasteiger partial charge in [0.15, 0.2) is 11.0 Å². The topological polar surface area (TPSA) is 88.9 Å². The lowest BCUT2D eigenvalue weighted by Gasteiger charge is -2.09. The molecule has 0 aliphatic rings. The summed E-state index contributed by atoms with van der Waals surface area (Å²) in [4.78, 5) is 25.6. The van der Waals surface area contributed by atoms with Crippen LogP contribution in [0.25, 0.3) is 0 Å². The second kappa shape index (κ2) is 11.0. The molecule has 2 aromatic carbocycles. The molecule has 0 bridgehead atoms. The smallest absolute Gasteiger partial charge is 0.251 e. The van der Waals surface area contributed by atoms with Gasteiger partial charge < -0.3 is 15.2 Å². The van der Waals surface area contributed by atoms with E-state index in [4.69, 9.17) is 0 Å². The molecule has 2 amide bonds. The van der Waals surface area contributed by atoms with E-state index >= 15 is 0 Å². The van der Waals surface area contributed by atoms with Gasteiger partial charge in [-0.25, -0.2) is 4.39 Å². The predicted octanol–water partition coefficient (Wildman–Crippen LogP) is 3.82. The molecular weight excluding hydrogens is 437 g/mol. The maximum atomic E-state index is 13.0. The molecule has 1 aromatic heterocycles. The van der Waals surface area contributed by atoms with E-state index in [1.165, 1.54) is 36.0 Å². The predicted molar refractivity (Wildman–Crippen MR) is 121 cm³/mol. The van der Waals surface area contributed by atoms with Crippen LogP contribution >= 0.6 is 23.5 Å². The van der Waals surface area contributed by atoms with Gasteiger partial charge in [0.1, 0.15) is 5.82 Å². The van der Waals surface area contributed by atoms with E-state index in [0.717, 1.165) is 10.6 Å². The first kappa shape index (κ1) is 22.8. The Morgan fingerprint density at radius 1 is 1.13 bits per heavy atom. The molecule has 2 N–H and O–H groups in total. The fraction of sp³-hybridized carbons (Fsp3) is 0.238. The number of aromatic nitrogens is 3. The second-order valence-electron chi connectivity index (χ2n) is 6.40. The highest BCUT2D eigenvalue weighted by Crippen LogP contribution is 2.21. The molecule has 0 aliphatic carbocycles. The first-order valence-corrected chi connectivity index (χ1v) is 11.7. The Hall–Kier alpha value is -2.85. The summed E-state index contributed by atoms with van der Waals surface area (Å²) in [5, 5.41) is 14.5. The molecule has 3 aromatic rings. The molecule has 0 spiro atoms. The van der Waals surface area contributed by atoms with E-state index in [-0.39, 0.29) is 24.1 Å². The van der Waals surface area contributed by atoms with Gasteiger partial charge in [-0.3, -0.25) is 9.59 Å². The first-order valence-electron chi connectivity index (χ1n) is 9.52. The van der Waals surface area contributed by atoms with Crippen LogP contribution in [-0.2, 0) is 17.9 Å². The van der Waals surface area contributed by atoms with E-state index in [2.05, 4.69) is 20.8 Å². The summed E-state index contributed by atoms with van der Waals surface area (Å²) in [6.07, 6.45) is 1.98. The van der Waals surface area contributed by atoms with Crippen LogP contribution in [0.1, 0.15) is 23.1 Å². The number of hydrogen-bond acceptors (Lipinski definition) is 6. The Labute approximate surface area is 188 Å². The molecule has 0 unspecified atom stereocenters. The maximum Gasteiger partial charge on any atom is 0.251 e. The van der Waals surface area contributed by atoms with E-state index in [1.807, 2.05) is 42.0 Å². The number of thioether (sulfide) groups is 2. The highest BCUT2D eigenvalue weighted by atomic mass is 32.2. The maximum absolute atomic E-state index is 13.0. The Morgan fingerprint density at radius 3 is 2.61 bits per heavy atom. The largest absolute Gasteiger partial charge is 0.345 e. The molecule has 3 rings (SSSR count). The van der Waals surface area contributed by atoms with Crippen LogP contribution in [0, 0.1) is 5.82 Å². The third-order valence-corrected chi connectivity index (χ3v) is 6.00. The molecule has 0 saturated heterocycles. The van der Waals surface area contributed by atoms with Crippen molar-refractivity contribution in [1.82, 2.24) is 20.1 Å². The van der Waals surface area contributed by atoms with Gasteiger partial charge in [0.2, 0.25) is 5.91 Å². The van der Waals surface area contributed by atoms with Crippen molar-refractivity contribution in [1.29, 1.82) is 0 Å². The number of halogens is 1. The summed E-state index contributed by atoms with van der Waals surface area (Å²) in [7, 11) is 0. The molecule has 1 heterocycles. The average molecular weight is 460 g/mol. The minimum atomic E-state index is -0.398. The first-order chi connectivity index (χ1) is 15.0. The summed E-state index contributed by atoms with van der Waals surface area (Å²) >= 11 is 2.89. The summed E-state index contributed by atoms with van der Waals surface area (Å²) in [6.45, 7) is 2.70. The molecule has 162 valence electrons. The van der Waals surface area contributed by atoms with E-state index in [9.17, 15) is 14.0 Å². The number of benzene rings is 2. The van der Waals surface area contributed by atoms with Crippen LogP contribution < -0.4 is 10.6 Å². The zero-order valence-electron chi connectivity index (χ0n) is 17.1. The summed E-state index contributed by atoms with van der Waals surface area (Å²) < 4.78 is 14.8. The van der Waals surface area contributed by atoms with Gasteiger partial charge in [-0.15, -0.1) is 22.0 Å². The normalized spacial score (nSPS) is 10.7. The third kappa shape index (κ3) is 6.31. The van der Waals surface area contributed by atoms with Crippen LogP contribution in [0.2, 0.25) is 0 Å². The van der Waals surface area contributed by atoms with Crippen LogP contribution in [0.5, 0.6) is 0 Å². The number of carbonyl (C=O) groups excluding carboxylic acids is 2. The van der Waals surface area contributed by atoms with Crippen molar-refractivity contribution in [2.75, 3.05) is 17.3 Å². The van der Waals surface area contributed by atoms with Crippen molar-refractivity contribution in [3.05, 3.63) is 65.7 Å². The van der Waals surface area contributed by atoms with Crippen molar-refractivity contribution in [2.45, 2.75) is 30.1 Å². The van der Waals surface area contributed by atoms with E-state index in [1.54, 1.807) is 11.8 Å². The lowest BCUT2D eigenvalue weighted by Crippen LogP contribution is -2.24. The quantitative estimate of drug-likeness (QED) is 0.473. The van der Waals surface area contributed by atoms with Gasteiger partial charge in [-0.1, -0.05) is 17.8 Å². The number of nitrogens with zero attached hydrogens (tertiary/aromatic N) is 3. The SMILES string of the molecule is CCn1c(CNC(=O)c2ccc(F)cc2)nnc1SCC(=O)Nc1cccc(SC)c1. The standard InChI is InChI=1S/C21H22FN5O2S2/c1-3-27-18(12-23-20(29)14-7-9-15(22)10-8-14)25-26-21(27)31-13-19(28)24-16-5-4-6-17(11-16)30-2/h4-11H,3,12-13H2,1-2H3,(H,23,29)(H,24,28). The zero-order chi connectivity index (χ0) is 22.2. The second-order valence-corrected chi connectivity index (χ2v) is 8.22. The molecule has 10 heteroatoms. The number of hydrogen-bond donors (Lipinski definition) is 2. The van der Waals surface area contributed by atoms with Crippen LogP contribution in [0.4, 0.5) is 10.1 Å². The summed E-state index contributed by atoms with van der Waals surface area (Å²) in [5.74, 6) is -0.103. The molecule has 0 fully saturated rings. The lowest BCUT2D eigenvalue weighted by atomic mass is 10.2. The number of nitrogens with one attached hydrogen (secondary N) is 2. The van der Waals surface area contributed by atoms with Gasteiger partial charge >= 0.3 is 0 Å². The third-order valence-electron chi connectivity index (χ3n) is 4.31. The average Bonchev–Trinajstić information content (AvgIpc) is 3.18. The highest BCUT2D eigenvalue weighted by Gasteiger charge is 2.15. The molecule has 0 radical (unpaired) electrons. The zero-order valence-corrected chi connectivity index (χ0v) is 18.7. The fourth-order valence-electron chi connectivity index (χ4n) is 2.76. The van der Waals surface area contributed by atoms with Crippen molar-refractivity contribution in [2.24, 2.45) is 0 Å². The van der Waals surface area contributed by atoms with Gasteiger partial charge in [0.25, 0.3) is 5.91 Å². The number of amides is 2. The van der Waals surface area contributed by atoms with Crippen LogP contribution in [0.15, 0.2) is 58.6 Å². The van der Waals surface area contributed by atoms with Gasteiger partial charge in [0.05, 0.1) is 12.3 Å². The van der Waals surface area contributed by atoms with Crippen LogP contribution in [-0.4, -0.2) is 38.6 Å². The van der Waals surface area contributed by atoms with E-state index in [0.29, 0.717) is 23.1 Å². The molecule has 0 aliphatic heterocycles. The highest BCUT2D eigenvalue weighted by molar-refractivity contribution is 7.99. The summed E-state index contributed by atoms with van der Waals surface area (Å²) in [6, 6.07) is 13.0. The molecule has 31 heavy (non-hydrogen) atoms. The molecular formula is C21H22FN5O2S2. The molecule has 0 saturated carbocycles. The fourth-order valence-corrected chi connectivity index (χ4v) is 4.05. The molecule has 7 nitrogen and oxygen atoms in total. The molecule has 0 atom stereocenters. The van der Waals surface area contributed by atoms with Crippen molar-refractivity contribution < 1.29 is 14.0 Å². The summed E-state index contributed by atoms with van der Waals surface area (Å²) in [5.41, 5.74) is 1.11. The van der Waals surface area contributed by atoms with Crippen LogP contribution in [0.3, 0.4) is 0 Å². The Morgan fingerprint density at radius 2 is 1.90 bits per heavy atom. The number of rotatable bonds is 9. The van der Waals surface area contributed by atoms with Gasteiger partial charge in [0, 0.05) is 22.7 Å². The number of anilines is 1. The Bertz CT molecular complexity index is 1060. The van der Waals surface area contributed by atoms with Crippen molar-refractivity contribution in [3.8, 4) is 0 Å².